The molecule has 5 saturated carbocycles. The molecule has 0 aromatic heterocycles. The first kappa shape index (κ1) is 8.15. The van der Waals surface area contributed by atoms with Gasteiger partial charge in [-0.25, -0.2) is 0 Å². The smallest absolute Gasteiger partial charge is 0.0658 e. The highest BCUT2D eigenvalue weighted by atomic mass is 16.3. The topological polar surface area (TPSA) is 20.2 Å². The van der Waals surface area contributed by atoms with Gasteiger partial charge in [0.1, 0.15) is 0 Å². The van der Waals surface area contributed by atoms with Crippen molar-refractivity contribution in [2.75, 3.05) is 0 Å². The van der Waals surface area contributed by atoms with Gasteiger partial charge in [0.25, 0.3) is 0 Å². The molecule has 4 bridgehead atoms. The molecule has 14 heavy (non-hydrogen) atoms. The van der Waals surface area contributed by atoms with Crippen molar-refractivity contribution in [3.8, 4) is 0 Å². The van der Waals surface area contributed by atoms with Gasteiger partial charge in [0.15, 0.2) is 0 Å². The van der Waals surface area contributed by atoms with Crippen LogP contribution in [0.2, 0.25) is 0 Å². The minimum absolute atomic E-state index is 0.216. The molecule has 2 atom stereocenters. The van der Waals surface area contributed by atoms with Crippen molar-refractivity contribution in [3.63, 3.8) is 0 Å². The standard InChI is InChI=1S/C13H20O/c14-13-6-9-3-10(7-13)5-12(4-9,8-13)11-1-2-11/h9-11,14H,1-8H2. The summed E-state index contributed by atoms with van der Waals surface area (Å²) >= 11 is 0. The fraction of sp³-hybridized carbons (Fsp3) is 1.00. The Morgan fingerprint density at radius 1 is 0.929 bits per heavy atom. The predicted molar refractivity (Wildman–Crippen MR) is 54.8 cm³/mol. The average Bonchev–Trinajstić information content (AvgIpc) is 2.78. The van der Waals surface area contributed by atoms with Gasteiger partial charge in [-0.15, -0.1) is 0 Å². The first-order valence-corrected chi connectivity index (χ1v) is 6.40. The molecule has 0 aromatic carbocycles. The molecule has 0 spiro atoms. The molecule has 0 amide bonds. The summed E-state index contributed by atoms with van der Waals surface area (Å²) < 4.78 is 0. The third-order valence-corrected chi connectivity index (χ3v) is 5.52. The van der Waals surface area contributed by atoms with E-state index in [2.05, 4.69) is 0 Å². The van der Waals surface area contributed by atoms with E-state index < -0.39 is 0 Å². The molecule has 78 valence electrons. The van der Waals surface area contributed by atoms with Crippen LogP contribution >= 0.6 is 0 Å². The summed E-state index contributed by atoms with van der Waals surface area (Å²) in [7, 11) is 0. The fourth-order valence-electron chi connectivity index (χ4n) is 5.46. The molecule has 0 aromatic rings. The summed E-state index contributed by atoms with van der Waals surface area (Å²) in [5, 5.41) is 10.5. The Balaban J connectivity index is 1.75. The van der Waals surface area contributed by atoms with Gasteiger partial charge in [-0.05, 0) is 74.5 Å². The maximum atomic E-state index is 10.5. The zero-order valence-electron chi connectivity index (χ0n) is 8.84. The Morgan fingerprint density at radius 3 is 2.07 bits per heavy atom. The van der Waals surface area contributed by atoms with Gasteiger partial charge in [0.2, 0.25) is 0 Å². The van der Waals surface area contributed by atoms with E-state index in [1.807, 2.05) is 0 Å². The zero-order chi connectivity index (χ0) is 9.39. The number of hydrogen-bond acceptors (Lipinski definition) is 1. The molecule has 5 aliphatic rings. The monoisotopic (exact) mass is 192 g/mol. The molecule has 0 radical (unpaired) electrons. The van der Waals surface area contributed by atoms with E-state index in [4.69, 9.17) is 0 Å². The van der Waals surface area contributed by atoms with Crippen molar-refractivity contribution < 1.29 is 5.11 Å². The van der Waals surface area contributed by atoms with Crippen LogP contribution in [0.4, 0.5) is 0 Å². The normalized spacial score (nSPS) is 60.6. The van der Waals surface area contributed by atoms with Crippen LogP contribution in [-0.4, -0.2) is 10.7 Å². The molecule has 1 N–H and O–H groups in total. The quantitative estimate of drug-likeness (QED) is 0.677. The summed E-state index contributed by atoms with van der Waals surface area (Å²) in [5.41, 5.74) is 0.408. The predicted octanol–water partition coefficient (Wildman–Crippen LogP) is 2.73. The molecule has 0 saturated heterocycles. The molecule has 0 heterocycles. The summed E-state index contributed by atoms with van der Waals surface area (Å²) in [6.07, 6.45) is 10.8. The van der Waals surface area contributed by atoms with E-state index in [0.29, 0.717) is 5.41 Å². The van der Waals surface area contributed by atoms with Gasteiger partial charge in [-0.3, -0.25) is 0 Å². The second-order valence-electron chi connectivity index (χ2n) is 6.82. The second-order valence-corrected chi connectivity index (χ2v) is 6.82. The Hall–Kier alpha value is -0.0400. The molecular weight excluding hydrogens is 172 g/mol. The van der Waals surface area contributed by atoms with Crippen molar-refractivity contribution in [2.45, 2.75) is 57.0 Å². The van der Waals surface area contributed by atoms with Crippen molar-refractivity contribution >= 4 is 0 Å². The maximum absolute atomic E-state index is 10.5. The third kappa shape index (κ3) is 0.946. The Bertz CT molecular complexity index is 265. The van der Waals surface area contributed by atoms with Gasteiger partial charge in [-0.1, -0.05) is 0 Å². The first-order valence-electron chi connectivity index (χ1n) is 6.40. The van der Waals surface area contributed by atoms with Crippen LogP contribution in [-0.2, 0) is 0 Å². The van der Waals surface area contributed by atoms with E-state index in [1.165, 1.54) is 32.1 Å². The van der Waals surface area contributed by atoms with E-state index >= 15 is 0 Å². The Kier molecular flexibility index (Phi) is 1.29. The highest BCUT2D eigenvalue weighted by Gasteiger charge is 2.61. The minimum Gasteiger partial charge on any atom is -0.390 e. The van der Waals surface area contributed by atoms with Crippen LogP contribution in [0.5, 0.6) is 0 Å². The van der Waals surface area contributed by atoms with Crippen LogP contribution in [0.1, 0.15) is 51.4 Å². The van der Waals surface area contributed by atoms with Crippen LogP contribution in [0, 0.1) is 23.2 Å². The highest BCUT2D eigenvalue weighted by molar-refractivity contribution is 5.12. The van der Waals surface area contributed by atoms with E-state index in [-0.39, 0.29) is 5.60 Å². The van der Waals surface area contributed by atoms with Crippen LogP contribution in [0.3, 0.4) is 0 Å². The van der Waals surface area contributed by atoms with Crippen LogP contribution < -0.4 is 0 Å². The summed E-state index contributed by atoms with van der Waals surface area (Å²) in [6, 6.07) is 0. The maximum Gasteiger partial charge on any atom is 0.0658 e. The van der Waals surface area contributed by atoms with Crippen molar-refractivity contribution in [2.24, 2.45) is 23.2 Å². The van der Waals surface area contributed by atoms with Gasteiger partial charge in [0, 0.05) is 0 Å². The number of aliphatic hydroxyl groups is 1. The van der Waals surface area contributed by atoms with Crippen LogP contribution in [0.25, 0.3) is 0 Å². The molecule has 2 unspecified atom stereocenters. The number of hydrogen-bond donors (Lipinski definition) is 1. The SMILES string of the molecule is OC12CC3CC(C1)CC(C1CC1)(C3)C2. The summed E-state index contributed by atoms with van der Waals surface area (Å²) in [4.78, 5) is 0. The summed E-state index contributed by atoms with van der Waals surface area (Å²) in [6.45, 7) is 0. The molecule has 1 heteroatoms. The molecule has 1 nitrogen and oxygen atoms in total. The lowest BCUT2D eigenvalue weighted by molar-refractivity contribution is -0.170. The van der Waals surface area contributed by atoms with Crippen molar-refractivity contribution in [1.82, 2.24) is 0 Å². The Labute approximate surface area is 85.9 Å². The van der Waals surface area contributed by atoms with Gasteiger partial charge in [0.05, 0.1) is 5.60 Å². The summed E-state index contributed by atoms with van der Waals surface area (Å²) in [5.74, 6) is 2.80. The number of rotatable bonds is 1. The molecule has 5 rings (SSSR count). The Morgan fingerprint density at radius 2 is 1.57 bits per heavy atom. The lowest BCUT2D eigenvalue weighted by Crippen LogP contribution is -2.56. The minimum atomic E-state index is -0.216. The van der Waals surface area contributed by atoms with E-state index in [1.54, 1.807) is 0 Å². The molecule has 5 fully saturated rings. The molecule has 5 aliphatic carbocycles. The van der Waals surface area contributed by atoms with E-state index in [9.17, 15) is 5.11 Å². The average molecular weight is 192 g/mol. The highest BCUT2D eigenvalue weighted by Crippen LogP contribution is 2.68. The second kappa shape index (κ2) is 2.21. The van der Waals surface area contributed by atoms with Crippen molar-refractivity contribution in [1.29, 1.82) is 0 Å². The molecule has 0 aliphatic heterocycles. The van der Waals surface area contributed by atoms with Gasteiger partial charge >= 0.3 is 0 Å². The lowest BCUT2D eigenvalue weighted by Gasteiger charge is -2.60. The zero-order valence-corrected chi connectivity index (χ0v) is 8.84. The van der Waals surface area contributed by atoms with Crippen molar-refractivity contribution in [3.05, 3.63) is 0 Å². The lowest BCUT2D eigenvalue weighted by atomic mass is 9.46. The first-order chi connectivity index (χ1) is 6.68. The van der Waals surface area contributed by atoms with Gasteiger partial charge in [-0.2, -0.15) is 0 Å². The van der Waals surface area contributed by atoms with E-state index in [0.717, 1.165) is 37.0 Å². The largest absolute Gasteiger partial charge is 0.390 e. The molecular formula is C13H20O. The van der Waals surface area contributed by atoms with Crippen LogP contribution in [0.15, 0.2) is 0 Å². The van der Waals surface area contributed by atoms with Gasteiger partial charge < -0.3 is 5.11 Å². The third-order valence-electron chi connectivity index (χ3n) is 5.52. The fourth-order valence-corrected chi connectivity index (χ4v) is 5.46.